The Balaban J connectivity index is 1.64. The third kappa shape index (κ3) is 4.70. The van der Waals surface area contributed by atoms with Crippen LogP contribution in [0.5, 0.6) is 11.5 Å². The summed E-state index contributed by atoms with van der Waals surface area (Å²) in [5.41, 5.74) is 3.11. The molecule has 1 fully saturated rings. The van der Waals surface area contributed by atoms with E-state index >= 15 is 0 Å². The minimum Gasteiger partial charge on any atom is -0.490 e. The number of thioether (sulfide) groups is 1. The molecule has 0 saturated carbocycles. The number of hydrogen-bond donors (Lipinski definition) is 0. The van der Waals surface area contributed by atoms with Crippen LogP contribution < -0.4 is 9.47 Å². The van der Waals surface area contributed by atoms with Crippen molar-refractivity contribution >= 4 is 40.3 Å². The van der Waals surface area contributed by atoms with E-state index in [2.05, 4.69) is 6.07 Å². The van der Waals surface area contributed by atoms with Crippen LogP contribution in [-0.2, 0) is 4.79 Å². The van der Waals surface area contributed by atoms with Gasteiger partial charge < -0.3 is 9.47 Å². The standard InChI is InChI=1S/C21H21NO3S2/c1-14-8-9-15(2)18(12-14)25-11-10-24-17-7-5-4-6-16(17)13-19-20(23)22(3)21(26)27-19/h4-9,12-13H,10-11H2,1-3H3/b19-13-. The van der Waals surface area contributed by atoms with Gasteiger partial charge in [0.05, 0.1) is 4.91 Å². The second kappa shape index (κ2) is 8.59. The van der Waals surface area contributed by atoms with Crippen molar-refractivity contribution in [3.8, 4) is 11.5 Å². The highest BCUT2D eigenvalue weighted by molar-refractivity contribution is 8.26. The van der Waals surface area contributed by atoms with Gasteiger partial charge in [-0.25, -0.2) is 0 Å². The fraction of sp³-hybridized carbons (Fsp3) is 0.238. The van der Waals surface area contributed by atoms with Gasteiger partial charge in [-0.3, -0.25) is 9.69 Å². The fourth-order valence-corrected chi connectivity index (χ4v) is 3.75. The van der Waals surface area contributed by atoms with Gasteiger partial charge in [-0.2, -0.15) is 0 Å². The molecular weight excluding hydrogens is 378 g/mol. The topological polar surface area (TPSA) is 38.8 Å². The number of rotatable bonds is 6. The second-order valence-corrected chi connectivity index (χ2v) is 7.92. The lowest BCUT2D eigenvalue weighted by Gasteiger charge is -2.12. The molecular formula is C21H21NO3S2. The zero-order valence-corrected chi connectivity index (χ0v) is 17.2. The number of amides is 1. The molecule has 1 heterocycles. The van der Waals surface area contributed by atoms with Gasteiger partial charge in [-0.1, -0.05) is 54.3 Å². The summed E-state index contributed by atoms with van der Waals surface area (Å²) in [6.07, 6.45) is 1.82. The van der Waals surface area contributed by atoms with E-state index in [9.17, 15) is 4.79 Å². The average molecular weight is 400 g/mol. The zero-order valence-electron chi connectivity index (χ0n) is 15.5. The van der Waals surface area contributed by atoms with E-state index in [0.29, 0.717) is 28.2 Å². The predicted molar refractivity (Wildman–Crippen MR) is 114 cm³/mol. The number of benzene rings is 2. The number of carbonyl (C=O) groups excluding carboxylic acids is 1. The molecule has 1 amide bonds. The molecule has 0 bridgehead atoms. The smallest absolute Gasteiger partial charge is 0.265 e. The molecule has 4 nitrogen and oxygen atoms in total. The van der Waals surface area contributed by atoms with Crippen LogP contribution in [0.1, 0.15) is 16.7 Å². The summed E-state index contributed by atoms with van der Waals surface area (Å²) < 4.78 is 12.3. The molecule has 0 radical (unpaired) electrons. The van der Waals surface area contributed by atoms with Gasteiger partial charge >= 0.3 is 0 Å². The molecule has 0 aromatic heterocycles. The maximum Gasteiger partial charge on any atom is 0.265 e. The van der Waals surface area contributed by atoms with Crippen molar-refractivity contribution in [3.63, 3.8) is 0 Å². The third-order valence-corrected chi connectivity index (χ3v) is 5.62. The Morgan fingerprint density at radius 1 is 1.07 bits per heavy atom. The summed E-state index contributed by atoms with van der Waals surface area (Å²) >= 11 is 6.48. The minimum absolute atomic E-state index is 0.0851. The van der Waals surface area contributed by atoms with Crippen LogP contribution in [0.25, 0.3) is 6.08 Å². The summed E-state index contributed by atoms with van der Waals surface area (Å²) in [5, 5.41) is 0. The van der Waals surface area contributed by atoms with Gasteiger partial charge in [0.15, 0.2) is 0 Å². The van der Waals surface area contributed by atoms with Gasteiger partial charge in [0.25, 0.3) is 5.91 Å². The third-order valence-electron chi connectivity index (χ3n) is 4.13. The molecule has 0 N–H and O–H groups in total. The molecule has 1 saturated heterocycles. The zero-order chi connectivity index (χ0) is 19.4. The quantitative estimate of drug-likeness (QED) is 0.403. The van der Waals surface area contributed by atoms with Crippen LogP contribution in [0.2, 0.25) is 0 Å². The predicted octanol–water partition coefficient (Wildman–Crippen LogP) is 4.59. The average Bonchev–Trinajstić information content (AvgIpc) is 2.89. The van der Waals surface area contributed by atoms with Gasteiger partial charge in [0.2, 0.25) is 0 Å². The van der Waals surface area contributed by atoms with Crippen molar-refractivity contribution in [1.29, 1.82) is 0 Å². The van der Waals surface area contributed by atoms with Crippen LogP contribution in [0.4, 0.5) is 0 Å². The number of hydrogen-bond acceptors (Lipinski definition) is 5. The second-order valence-electron chi connectivity index (χ2n) is 6.24. The Morgan fingerprint density at radius 3 is 2.48 bits per heavy atom. The SMILES string of the molecule is Cc1ccc(C)c(OCCOc2ccccc2/C=C2\SC(=S)N(C)C2=O)c1. The maximum atomic E-state index is 12.2. The number of carbonyl (C=O) groups is 1. The normalized spacial score (nSPS) is 15.5. The molecule has 140 valence electrons. The van der Waals surface area contributed by atoms with E-state index in [-0.39, 0.29) is 5.91 Å². The van der Waals surface area contributed by atoms with Crippen molar-refractivity contribution in [1.82, 2.24) is 4.90 Å². The van der Waals surface area contributed by atoms with Crippen LogP contribution in [-0.4, -0.2) is 35.4 Å². The van der Waals surface area contributed by atoms with Gasteiger partial charge in [0, 0.05) is 12.6 Å². The molecule has 6 heteroatoms. The molecule has 2 aromatic carbocycles. The molecule has 0 aliphatic carbocycles. The molecule has 27 heavy (non-hydrogen) atoms. The highest BCUT2D eigenvalue weighted by Gasteiger charge is 2.28. The first kappa shape index (κ1) is 19.5. The molecule has 1 aliphatic rings. The number of para-hydroxylation sites is 1. The van der Waals surface area contributed by atoms with E-state index in [1.807, 2.05) is 56.3 Å². The first-order valence-electron chi connectivity index (χ1n) is 8.59. The van der Waals surface area contributed by atoms with E-state index in [1.54, 1.807) is 7.05 Å². The van der Waals surface area contributed by atoms with Crippen molar-refractivity contribution < 1.29 is 14.3 Å². The molecule has 0 unspecified atom stereocenters. The summed E-state index contributed by atoms with van der Waals surface area (Å²) in [6.45, 7) is 4.91. The van der Waals surface area contributed by atoms with Crippen LogP contribution in [0.15, 0.2) is 47.4 Å². The van der Waals surface area contributed by atoms with Crippen molar-refractivity contribution in [2.45, 2.75) is 13.8 Å². The Morgan fingerprint density at radius 2 is 1.78 bits per heavy atom. The monoisotopic (exact) mass is 399 g/mol. The van der Waals surface area contributed by atoms with E-state index in [4.69, 9.17) is 21.7 Å². The number of ether oxygens (including phenoxy) is 2. The minimum atomic E-state index is -0.0851. The highest BCUT2D eigenvalue weighted by Crippen LogP contribution is 2.33. The first-order valence-corrected chi connectivity index (χ1v) is 9.81. The molecule has 2 aromatic rings. The Labute approximate surface area is 169 Å². The molecule has 0 spiro atoms. The Bertz CT molecular complexity index is 908. The lowest BCUT2D eigenvalue weighted by Crippen LogP contribution is -2.22. The summed E-state index contributed by atoms with van der Waals surface area (Å²) in [6, 6.07) is 13.8. The number of aryl methyl sites for hydroxylation is 2. The number of thiocarbonyl (C=S) groups is 1. The Kier molecular flexibility index (Phi) is 6.19. The van der Waals surface area contributed by atoms with Crippen molar-refractivity contribution in [2.24, 2.45) is 0 Å². The molecule has 1 aliphatic heterocycles. The fourth-order valence-electron chi connectivity index (χ4n) is 2.58. The van der Waals surface area contributed by atoms with Gasteiger partial charge in [0.1, 0.15) is 29.0 Å². The van der Waals surface area contributed by atoms with E-state index in [0.717, 1.165) is 22.4 Å². The lowest BCUT2D eigenvalue weighted by atomic mass is 10.1. The van der Waals surface area contributed by atoms with Gasteiger partial charge in [-0.15, -0.1) is 0 Å². The lowest BCUT2D eigenvalue weighted by molar-refractivity contribution is -0.121. The number of likely N-dealkylation sites (N-methyl/N-ethyl adjacent to an activating group) is 1. The molecule has 0 atom stereocenters. The Hall–Kier alpha value is -2.31. The maximum absolute atomic E-state index is 12.2. The van der Waals surface area contributed by atoms with Crippen molar-refractivity contribution in [2.75, 3.05) is 20.3 Å². The summed E-state index contributed by atoms with van der Waals surface area (Å²) in [5.74, 6) is 1.50. The highest BCUT2D eigenvalue weighted by atomic mass is 32.2. The van der Waals surface area contributed by atoms with Gasteiger partial charge in [-0.05, 0) is 43.2 Å². The largest absolute Gasteiger partial charge is 0.490 e. The van der Waals surface area contributed by atoms with Crippen LogP contribution in [0.3, 0.4) is 0 Å². The van der Waals surface area contributed by atoms with Crippen LogP contribution in [0, 0.1) is 13.8 Å². The first-order chi connectivity index (χ1) is 13.0. The summed E-state index contributed by atoms with van der Waals surface area (Å²) in [4.78, 5) is 14.3. The summed E-state index contributed by atoms with van der Waals surface area (Å²) in [7, 11) is 1.69. The number of nitrogens with zero attached hydrogens (tertiary/aromatic N) is 1. The van der Waals surface area contributed by atoms with E-state index < -0.39 is 0 Å². The molecule has 3 rings (SSSR count). The van der Waals surface area contributed by atoms with Crippen molar-refractivity contribution in [3.05, 3.63) is 64.1 Å². The van der Waals surface area contributed by atoms with E-state index in [1.165, 1.54) is 16.7 Å². The van der Waals surface area contributed by atoms with Crippen LogP contribution >= 0.6 is 24.0 Å².